The van der Waals surface area contributed by atoms with Crippen molar-refractivity contribution in [1.82, 2.24) is 10.2 Å². The summed E-state index contributed by atoms with van der Waals surface area (Å²) in [6, 6.07) is 19.7. The number of amides is 2. The molecule has 1 fully saturated rings. The van der Waals surface area contributed by atoms with Crippen LogP contribution >= 0.6 is 0 Å². The zero-order chi connectivity index (χ0) is 29.0. The Labute approximate surface area is 225 Å². The first-order valence-electron chi connectivity index (χ1n) is 12.5. The Balaban J connectivity index is 0.000000532. The number of hydrogen-bond donors (Lipinski definition) is 3. The van der Waals surface area contributed by atoms with Crippen LogP contribution in [0, 0.1) is 6.92 Å². The second-order valence-corrected chi connectivity index (χ2v) is 9.85. The monoisotopic (exact) mass is 543 g/mol. The Kier molecular flexibility index (Phi) is 9.01. The number of carboxylic acid groups (broad SMARTS) is 1. The SMILES string of the molecule is Cc1ccc(NC(=O)[C@]2(C)CCCN2C)cc1C(=O)N[C@H](C)c1cccc2ccccc12.O=C(O)C(F)(F)F. The van der Waals surface area contributed by atoms with Gasteiger partial charge in [0.2, 0.25) is 5.91 Å². The van der Waals surface area contributed by atoms with Crippen LogP contribution in [0.2, 0.25) is 0 Å². The van der Waals surface area contributed by atoms with E-state index in [0.29, 0.717) is 11.3 Å². The van der Waals surface area contributed by atoms with Gasteiger partial charge in [-0.05, 0) is 81.2 Å². The van der Waals surface area contributed by atoms with Crippen molar-refractivity contribution in [2.45, 2.75) is 51.4 Å². The van der Waals surface area contributed by atoms with Gasteiger partial charge < -0.3 is 15.7 Å². The van der Waals surface area contributed by atoms with Crippen LogP contribution in [0.25, 0.3) is 10.8 Å². The van der Waals surface area contributed by atoms with Gasteiger partial charge >= 0.3 is 12.1 Å². The van der Waals surface area contributed by atoms with Gasteiger partial charge in [-0.3, -0.25) is 14.5 Å². The Hall–Kier alpha value is -3.92. The molecule has 10 heteroatoms. The Bertz CT molecular complexity index is 1370. The molecular formula is C29H32F3N3O4. The molecule has 208 valence electrons. The lowest BCUT2D eigenvalue weighted by molar-refractivity contribution is -0.192. The lowest BCUT2D eigenvalue weighted by atomic mass is 9.97. The fourth-order valence-electron chi connectivity index (χ4n) is 4.58. The number of benzene rings is 3. The van der Waals surface area contributed by atoms with Crippen molar-refractivity contribution in [3.05, 3.63) is 77.4 Å². The zero-order valence-corrected chi connectivity index (χ0v) is 22.2. The standard InChI is InChI=1S/C27H31N3O2.C2HF3O2/c1-18-13-14-21(29-26(32)27(3)15-8-16-30(27)4)17-24(18)25(31)28-19(2)22-12-7-10-20-9-5-6-11-23(20)22;3-2(4,5)1(6)7/h5-7,9-14,17,19H,8,15-16H2,1-4H3,(H,28,31)(H,29,32);(H,6,7)/t19-,27+;/m1./s1. The molecule has 0 spiro atoms. The number of likely N-dealkylation sites (N-methyl/N-ethyl adjacent to an activating group) is 1. The Morgan fingerprint density at radius 1 is 1.05 bits per heavy atom. The second kappa shape index (κ2) is 11.9. The van der Waals surface area contributed by atoms with Gasteiger partial charge in [0.15, 0.2) is 0 Å². The third-order valence-electron chi connectivity index (χ3n) is 7.11. The topological polar surface area (TPSA) is 98.7 Å². The first kappa shape index (κ1) is 29.6. The molecule has 0 saturated carbocycles. The maximum atomic E-state index is 13.2. The van der Waals surface area contributed by atoms with Gasteiger partial charge in [-0.1, -0.05) is 48.5 Å². The number of rotatable bonds is 5. The van der Waals surface area contributed by atoms with Gasteiger partial charge in [0.1, 0.15) is 0 Å². The van der Waals surface area contributed by atoms with Crippen molar-refractivity contribution in [3.63, 3.8) is 0 Å². The fourth-order valence-corrected chi connectivity index (χ4v) is 4.58. The average molecular weight is 544 g/mol. The molecule has 1 saturated heterocycles. The van der Waals surface area contributed by atoms with E-state index in [2.05, 4.69) is 39.8 Å². The van der Waals surface area contributed by atoms with Gasteiger partial charge in [-0.2, -0.15) is 13.2 Å². The largest absolute Gasteiger partial charge is 0.490 e. The van der Waals surface area contributed by atoms with Crippen LogP contribution in [-0.2, 0) is 9.59 Å². The maximum absolute atomic E-state index is 13.2. The summed E-state index contributed by atoms with van der Waals surface area (Å²) in [5.74, 6) is -2.94. The number of carbonyl (C=O) groups excluding carboxylic acids is 2. The highest BCUT2D eigenvalue weighted by Crippen LogP contribution is 2.29. The minimum atomic E-state index is -5.08. The van der Waals surface area contributed by atoms with Gasteiger partial charge in [-0.25, -0.2) is 4.79 Å². The summed E-state index contributed by atoms with van der Waals surface area (Å²) in [4.78, 5) is 37.1. The molecule has 0 aromatic heterocycles. The zero-order valence-electron chi connectivity index (χ0n) is 22.2. The molecule has 0 unspecified atom stereocenters. The Morgan fingerprint density at radius 2 is 1.69 bits per heavy atom. The van der Waals surface area contributed by atoms with Crippen LogP contribution in [0.5, 0.6) is 0 Å². The molecule has 3 aromatic rings. The highest BCUT2D eigenvalue weighted by molar-refractivity contribution is 6.01. The van der Waals surface area contributed by atoms with Crippen molar-refractivity contribution < 1.29 is 32.7 Å². The van der Waals surface area contributed by atoms with Gasteiger partial charge in [0.05, 0.1) is 11.6 Å². The van der Waals surface area contributed by atoms with E-state index in [-0.39, 0.29) is 17.9 Å². The molecule has 3 aromatic carbocycles. The lowest BCUT2D eigenvalue weighted by Crippen LogP contribution is -2.48. The predicted octanol–water partition coefficient (Wildman–Crippen LogP) is 5.70. The molecule has 4 rings (SSSR count). The van der Waals surface area contributed by atoms with Crippen LogP contribution in [0.3, 0.4) is 0 Å². The van der Waals surface area contributed by atoms with E-state index in [4.69, 9.17) is 9.90 Å². The normalized spacial score (nSPS) is 18.1. The maximum Gasteiger partial charge on any atom is 0.490 e. The summed E-state index contributed by atoms with van der Waals surface area (Å²) >= 11 is 0. The number of likely N-dealkylation sites (tertiary alicyclic amines) is 1. The van der Waals surface area contributed by atoms with Crippen molar-refractivity contribution >= 4 is 34.2 Å². The minimum absolute atomic E-state index is 0.0307. The third kappa shape index (κ3) is 6.94. The van der Waals surface area contributed by atoms with Crippen molar-refractivity contribution in [2.24, 2.45) is 0 Å². The first-order valence-corrected chi connectivity index (χ1v) is 12.5. The van der Waals surface area contributed by atoms with E-state index in [9.17, 15) is 22.8 Å². The first-order chi connectivity index (χ1) is 18.2. The predicted molar refractivity (Wildman–Crippen MR) is 144 cm³/mol. The summed E-state index contributed by atoms with van der Waals surface area (Å²) in [6.07, 6.45) is -3.24. The number of nitrogens with one attached hydrogen (secondary N) is 2. The number of nitrogens with zero attached hydrogens (tertiary/aromatic N) is 1. The molecule has 7 nitrogen and oxygen atoms in total. The summed E-state index contributed by atoms with van der Waals surface area (Å²) < 4.78 is 31.7. The number of aliphatic carboxylic acids is 1. The van der Waals surface area contributed by atoms with Crippen LogP contribution in [0.1, 0.15) is 54.2 Å². The van der Waals surface area contributed by atoms with Crippen LogP contribution < -0.4 is 10.6 Å². The number of aryl methyl sites for hydroxylation is 1. The molecule has 0 aliphatic carbocycles. The summed E-state index contributed by atoms with van der Waals surface area (Å²) in [7, 11) is 1.98. The molecule has 39 heavy (non-hydrogen) atoms. The highest BCUT2D eigenvalue weighted by atomic mass is 19.4. The molecule has 1 heterocycles. The van der Waals surface area contributed by atoms with Gasteiger partial charge in [-0.15, -0.1) is 0 Å². The molecule has 0 bridgehead atoms. The number of halogens is 3. The number of carboxylic acids is 1. The smallest absolute Gasteiger partial charge is 0.475 e. The number of anilines is 1. The average Bonchev–Trinajstić information content (AvgIpc) is 3.23. The number of hydrogen-bond acceptors (Lipinski definition) is 4. The fraction of sp³-hybridized carbons (Fsp3) is 0.345. The van der Waals surface area contributed by atoms with Crippen molar-refractivity contribution in [3.8, 4) is 0 Å². The van der Waals surface area contributed by atoms with Crippen molar-refractivity contribution in [2.75, 3.05) is 18.9 Å². The number of alkyl halides is 3. The summed E-state index contributed by atoms with van der Waals surface area (Å²) in [5.41, 5.74) is 2.64. The van der Waals surface area contributed by atoms with Crippen molar-refractivity contribution in [1.29, 1.82) is 0 Å². The molecule has 2 atom stereocenters. The van der Waals surface area contributed by atoms with E-state index < -0.39 is 17.7 Å². The molecule has 3 N–H and O–H groups in total. The number of carbonyl (C=O) groups is 3. The third-order valence-corrected chi connectivity index (χ3v) is 7.11. The van der Waals surface area contributed by atoms with E-state index in [1.54, 1.807) is 6.07 Å². The highest BCUT2D eigenvalue weighted by Gasteiger charge is 2.41. The van der Waals surface area contributed by atoms with Gasteiger partial charge in [0, 0.05) is 11.3 Å². The van der Waals surface area contributed by atoms with Crippen LogP contribution in [0.4, 0.5) is 18.9 Å². The molecule has 1 aliphatic rings. The van der Waals surface area contributed by atoms with E-state index >= 15 is 0 Å². The van der Waals surface area contributed by atoms with Crippen LogP contribution in [0.15, 0.2) is 60.7 Å². The number of fused-ring (bicyclic) bond motifs is 1. The summed E-state index contributed by atoms with van der Waals surface area (Å²) in [6.45, 7) is 6.80. The molecule has 0 radical (unpaired) electrons. The van der Waals surface area contributed by atoms with E-state index in [1.807, 2.05) is 58.2 Å². The summed E-state index contributed by atoms with van der Waals surface area (Å²) in [5, 5.41) is 15.6. The lowest BCUT2D eigenvalue weighted by Gasteiger charge is -2.30. The second-order valence-electron chi connectivity index (χ2n) is 9.85. The molecule has 1 aliphatic heterocycles. The van der Waals surface area contributed by atoms with E-state index in [1.165, 1.54) is 0 Å². The van der Waals surface area contributed by atoms with Gasteiger partial charge in [0.25, 0.3) is 5.91 Å². The quantitative estimate of drug-likeness (QED) is 0.384. The van der Waals surface area contributed by atoms with E-state index in [0.717, 1.165) is 41.3 Å². The molecular weight excluding hydrogens is 511 g/mol. The Morgan fingerprint density at radius 3 is 2.31 bits per heavy atom. The van der Waals surface area contributed by atoms with Crippen LogP contribution in [-0.4, -0.2) is 53.1 Å². The minimum Gasteiger partial charge on any atom is -0.475 e. The molecule has 2 amide bonds.